The van der Waals surface area contributed by atoms with E-state index in [4.69, 9.17) is 4.74 Å². The first-order valence-electron chi connectivity index (χ1n) is 11.1. The summed E-state index contributed by atoms with van der Waals surface area (Å²) < 4.78 is 5.64. The molecule has 3 N–H and O–H groups in total. The van der Waals surface area contributed by atoms with E-state index in [0.717, 1.165) is 28.8 Å². The van der Waals surface area contributed by atoms with E-state index in [2.05, 4.69) is 21.7 Å². The summed E-state index contributed by atoms with van der Waals surface area (Å²) in [4.78, 5) is 29.7. The fraction of sp³-hybridized carbons (Fsp3) is 0.417. The number of ether oxygens (including phenoxy) is 1. The van der Waals surface area contributed by atoms with E-state index < -0.39 is 6.09 Å². The van der Waals surface area contributed by atoms with Crippen LogP contribution < -0.4 is 10.6 Å². The molecule has 0 radical (unpaired) electrons. The number of pyridine rings is 1. The van der Waals surface area contributed by atoms with Gasteiger partial charge in [0.1, 0.15) is 17.2 Å². The molecule has 2 aliphatic carbocycles. The summed E-state index contributed by atoms with van der Waals surface area (Å²) in [6, 6.07) is 5.88. The maximum Gasteiger partial charge on any atom is 0.407 e. The van der Waals surface area contributed by atoms with Gasteiger partial charge in [-0.2, -0.15) is 5.26 Å². The van der Waals surface area contributed by atoms with Gasteiger partial charge in [-0.25, -0.2) is 4.79 Å². The molecule has 0 aromatic carbocycles. The molecule has 33 heavy (non-hydrogen) atoms. The zero-order valence-corrected chi connectivity index (χ0v) is 18.9. The van der Waals surface area contributed by atoms with Gasteiger partial charge in [-0.3, -0.25) is 9.78 Å². The first-order chi connectivity index (χ1) is 16.0. The maximum atomic E-state index is 12.4. The summed E-state index contributed by atoms with van der Waals surface area (Å²) in [5.41, 5.74) is 2.22. The molecule has 172 valence electrons. The molecule has 2 aromatic heterocycles. The van der Waals surface area contributed by atoms with Crippen molar-refractivity contribution >= 4 is 34.4 Å². The van der Waals surface area contributed by atoms with Crippen molar-refractivity contribution in [2.75, 3.05) is 5.32 Å². The number of hydrogen-bond acceptors (Lipinski definition) is 7. The summed E-state index contributed by atoms with van der Waals surface area (Å²) in [6.07, 6.45) is 10.1. The maximum absolute atomic E-state index is 12.4. The number of carbonyl (C=O) groups is 2. The molecule has 1 atom stereocenters. The van der Waals surface area contributed by atoms with Gasteiger partial charge in [0.25, 0.3) is 0 Å². The third-order valence-corrected chi connectivity index (χ3v) is 7.14. The lowest BCUT2D eigenvalue weighted by Crippen LogP contribution is -2.41. The van der Waals surface area contributed by atoms with Crippen LogP contribution in [0.5, 0.6) is 0 Å². The summed E-state index contributed by atoms with van der Waals surface area (Å²) in [5, 5.41) is 25.5. The summed E-state index contributed by atoms with van der Waals surface area (Å²) in [7, 11) is 0. The van der Waals surface area contributed by atoms with Gasteiger partial charge in [0, 0.05) is 35.8 Å². The molecule has 1 fully saturated rings. The van der Waals surface area contributed by atoms with Crippen LogP contribution in [0.3, 0.4) is 0 Å². The Kier molecular flexibility index (Phi) is 7.37. The Balaban J connectivity index is 1.35. The molecule has 0 aliphatic heterocycles. The van der Waals surface area contributed by atoms with E-state index in [-0.39, 0.29) is 24.2 Å². The quantitative estimate of drug-likeness (QED) is 0.579. The minimum Gasteiger partial charge on any atom is -0.446 e. The Labute approximate surface area is 196 Å². The van der Waals surface area contributed by atoms with Crippen LogP contribution >= 0.6 is 11.3 Å². The van der Waals surface area contributed by atoms with E-state index in [1.165, 1.54) is 17.4 Å². The number of nitriles is 1. The summed E-state index contributed by atoms with van der Waals surface area (Å²) in [5.74, 6) is -0.321. The van der Waals surface area contributed by atoms with Crippen LogP contribution in [0.25, 0.3) is 6.08 Å². The number of carbonyl (C=O) groups excluding carboxylic acids is 2. The number of rotatable bonds is 5. The van der Waals surface area contributed by atoms with Gasteiger partial charge < -0.3 is 20.5 Å². The van der Waals surface area contributed by atoms with E-state index in [9.17, 15) is 20.0 Å². The fourth-order valence-corrected chi connectivity index (χ4v) is 5.50. The topological polar surface area (TPSA) is 124 Å². The van der Waals surface area contributed by atoms with Crippen molar-refractivity contribution in [3.8, 4) is 6.07 Å². The largest absolute Gasteiger partial charge is 0.446 e. The van der Waals surface area contributed by atoms with Gasteiger partial charge >= 0.3 is 6.09 Å². The number of amides is 2. The van der Waals surface area contributed by atoms with Crippen LogP contribution in [0.1, 0.15) is 53.7 Å². The van der Waals surface area contributed by atoms with Crippen molar-refractivity contribution < 1.29 is 19.4 Å². The SMILES string of the molecule is N#Cc1c(NC(=O)C=Cc2cccnc2)sc2c1CCC(OC(=O)N[C@H]1CC[C@H](O)CC1)C2. The highest BCUT2D eigenvalue weighted by molar-refractivity contribution is 7.16. The molecule has 1 unspecified atom stereocenters. The highest BCUT2D eigenvalue weighted by Crippen LogP contribution is 2.38. The smallest absolute Gasteiger partial charge is 0.407 e. The Hall–Kier alpha value is -3.22. The van der Waals surface area contributed by atoms with Gasteiger partial charge in [-0.05, 0) is 61.8 Å². The first-order valence-corrected chi connectivity index (χ1v) is 11.9. The van der Waals surface area contributed by atoms with E-state index in [0.29, 0.717) is 42.7 Å². The predicted molar refractivity (Wildman–Crippen MR) is 125 cm³/mol. The van der Waals surface area contributed by atoms with Crippen molar-refractivity contribution in [2.45, 2.75) is 63.2 Å². The van der Waals surface area contributed by atoms with Crippen LogP contribution in [0, 0.1) is 11.3 Å². The third-order valence-electron chi connectivity index (χ3n) is 5.97. The molecule has 2 aromatic rings. The van der Waals surface area contributed by atoms with Crippen LogP contribution in [0.15, 0.2) is 30.6 Å². The molecule has 4 rings (SSSR count). The zero-order chi connectivity index (χ0) is 23.2. The lowest BCUT2D eigenvalue weighted by atomic mass is 9.93. The highest BCUT2D eigenvalue weighted by Gasteiger charge is 2.29. The molecule has 1 saturated carbocycles. The molecule has 2 heterocycles. The molecular weight excluding hydrogens is 440 g/mol. The number of fused-ring (bicyclic) bond motifs is 1. The molecule has 0 saturated heterocycles. The van der Waals surface area contributed by atoms with Gasteiger partial charge in [-0.1, -0.05) is 6.07 Å². The second-order valence-electron chi connectivity index (χ2n) is 8.35. The van der Waals surface area contributed by atoms with Crippen molar-refractivity contribution in [1.29, 1.82) is 5.26 Å². The minimum atomic E-state index is -0.434. The number of aromatic nitrogens is 1. The molecule has 8 nitrogen and oxygen atoms in total. The zero-order valence-electron chi connectivity index (χ0n) is 18.1. The molecular formula is C24H26N4O4S. The Morgan fingerprint density at radius 3 is 2.82 bits per heavy atom. The number of thiophene rings is 1. The second-order valence-corrected chi connectivity index (χ2v) is 9.45. The van der Waals surface area contributed by atoms with Crippen LogP contribution in [0.2, 0.25) is 0 Å². The lowest BCUT2D eigenvalue weighted by molar-refractivity contribution is -0.111. The predicted octanol–water partition coefficient (Wildman–Crippen LogP) is 3.55. The number of aliphatic hydroxyl groups is 1. The van der Waals surface area contributed by atoms with Gasteiger partial charge in [0.15, 0.2) is 0 Å². The Morgan fingerprint density at radius 2 is 2.09 bits per heavy atom. The van der Waals surface area contributed by atoms with E-state index in [1.807, 2.05) is 6.07 Å². The molecule has 9 heteroatoms. The highest BCUT2D eigenvalue weighted by atomic mass is 32.1. The first kappa shape index (κ1) is 23.0. The van der Waals surface area contributed by atoms with E-state index >= 15 is 0 Å². The average molecular weight is 467 g/mol. The van der Waals surface area contributed by atoms with Crippen molar-refractivity contribution in [3.05, 3.63) is 52.2 Å². The lowest BCUT2D eigenvalue weighted by Gasteiger charge is -2.28. The fourth-order valence-electron chi connectivity index (χ4n) is 4.23. The third kappa shape index (κ3) is 5.97. The number of hydrogen-bond donors (Lipinski definition) is 3. The van der Waals surface area contributed by atoms with Crippen LogP contribution in [0.4, 0.5) is 9.80 Å². The molecule has 2 amide bonds. The van der Waals surface area contributed by atoms with Gasteiger partial charge in [-0.15, -0.1) is 11.3 Å². The monoisotopic (exact) mass is 466 g/mol. The van der Waals surface area contributed by atoms with E-state index in [1.54, 1.807) is 24.5 Å². The number of aliphatic hydroxyl groups excluding tert-OH is 1. The van der Waals surface area contributed by atoms with Crippen LogP contribution in [-0.4, -0.2) is 40.3 Å². The minimum absolute atomic E-state index is 0.0357. The van der Waals surface area contributed by atoms with Gasteiger partial charge in [0.05, 0.1) is 11.7 Å². The number of alkyl carbamates (subject to hydrolysis) is 1. The number of nitrogens with zero attached hydrogens (tertiary/aromatic N) is 2. The molecule has 0 bridgehead atoms. The van der Waals surface area contributed by atoms with Crippen LogP contribution in [-0.2, 0) is 22.4 Å². The molecule has 2 aliphatic rings. The van der Waals surface area contributed by atoms with Gasteiger partial charge in [0.2, 0.25) is 5.91 Å². The van der Waals surface area contributed by atoms with Crippen molar-refractivity contribution in [2.24, 2.45) is 0 Å². The normalized spacial score (nSPS) is 22.2. The summed E-state index contributed by atoms with van der Waals surface area (Å²) >= 11 is 1.36. The standard InChI is InChI=1S/C24H26N4O4S/c25-13-20-19-9-8-18(32-24(31)27-16-4-6-17(29)7-5-16)12-21(19)33-23(20)28-22(30)10-3-15-2-1-11-26-14-15/h1-3,10-11,14,16-18,29H,4-9,12H2,(H,27,31)(H,28,30)/t16-,17-,18?. The van der Waals surface area contributed by atoms with Crippen molar-refractivity contribution in [1.82, 2.24) is 10.3 Å². The second kappa shape index (κ2) is 10.6. The molecule has 0 spiro atoms. The number of nitrogens with one attached hydrogen (secondary N) is 2. The Bertz CT molecular complexity index is 1070. The van der Waals surface area contributed by atoms with Crippen molar-refractivity contribution in [3.63, 3.8) is 0 Å². The summed E-state index contributed by atoms with van der Waals surface area (Å²) in [6.45, 7) is 0. The number of anilines is 1. The Morgan fingerprint density at radius 1 is 1.27 bits per heavy atom. The average Bonchev–Trinajstić information content (AvgIpc) is 3.15.